The molecule has 1 aromatic rings. The molecule has 2 rings (SSSR count). The summed E-state index contributed by atoms with van der Waals surface area (Å²) < 4.78 is 35.5. The van der Waals surface area contributed by atoms with E-state index in [0.717, 1.165) is 24.8 Å². The Labute approximate surface area is 149 Å². The molecule has 1 amide bonds. The SMILES string of the molecule is CCCCCN(CCC(=O)NCc1ccc2c(c1)OCO2)S(C)(=O)=O. The van der Waals surface area contributed by atoms with E-state index in [4.69, 9.17) is 9.47 Å². The lowest BCUT2D eigenvalue weighted by molar-refractivity contribution is -0.121. The molecule has 0 saturated carbocycles. The summed E-state index contributed by atoms with van der Waals surface area (Å²) in [5.74, 6) is 1.19. The Balaban J connectivity index is 1.78. The fraction of sp³-hybridized carbons (Fsp3) is 0.588. The van der Waals surface area contributed by atoms with E-state index < -0.39 is 10.0 Å². The molecule has 0 spiro atoms. The molecule has 0 radical (unpaired) electrons. The number of rotatable bonds is 10. The van der Waals surface area contributed by atoms with Gasteiger partial charge < -0.3 is 14.8 Å². The molecule has 0 aromatic heterocycles. The van der Waals surface area contributed by atoms with Crippen LogP contribution < -0.4 is 14.8 Å². The van der Waals surface area contributed by atoms with Gasteiger partial charge in [0.25, 0.3) is 0 Å². The first kappa shape index (κ1) is 19.5. The van der Waals surface area contributed by atoms with E-state index in [1.807, 2.05) is 18.2 Å². The molecule has 0 aliphatic carbocycles. The molecule has 1 N–H and O–H groups in total. The van der Waals surface area contributed by atoms with E-state index in [0.29, 0.717) is 24.6 Å². The maximum Gasteiger partial charge on any atom is 0.231 e. The zero-order valence-electron chi connectivity index (χ0n) is 14.8. The predicted octanol–water partition coefficient (Wildman–Crippen LogP) is 1.87. The molecule has 140 valence electrons. The van der Waals surface area contributed by atoms with Crippen molar-refractivity contribution in [2.45, 2.75) is 39.2 Å². The number of nitrogens with zero attached hydrogens (tertiary/aromatic N) is 1. The van der Waals surface area contributed by atoms with Crippen LogP contribution in [0.5, 0.6) is 11.5 Å². The van der Waals surface area contributed by atoms with Gasteiger partial charge in [-0.05, 0) is 24.1 Å². The Kier molecular flexibility index (Phi) is 7.07. The molecule has 25 heavy (non-hydrogen) atoms. The van der Waals surface area contributed by atoms with E-state index in [1.165, 1.54) is 10.6 Å². The minimum absolute atomic E-state index is 0.143. The van der Waals surface area contributed by atoms with Crippen molar-refractivity contribution in [1.29, 1.82) is 0 Å². The summed E-state index contributed by atoms with van der Waals surface area (Å²) in [7, 11) is -3.29. The third-order valence-electron chi connectivity index (χ3n) is 4.00. The van der Waals surface area contributed by atoms with Gasteiger partial charge >= 0.3 is 0 Å². The quantitative estimate of drug-likeness (QED) is 0.636. The van der Waals surface area contributed by atoms with Gasteiger partial charge in [0.1, 0.15) is 0 Å². The second-order valence-electron chi connectivity index (χ2n) is 6.08. The first-order valence-electron chi connectivity index (χ1n) is 8.50. The summed E-state index contributed by atoms with van der Waals surface area (Å²) in [6, 6.07) is 5.50. The van der Waals surface area contributed by atoms with Crippen LogP contribution in [-0.4, -0.2) is 44.8 Å². The van der Waals surface area contributed by atoms with E-state index in [9.17, 15) is 13.2 Å². The van der Waals surface area contributed by atoms with Crippen molar-refractivity contribution in [2.24, 2.45) is 0 Å². The molecular weight excluding hydrogens is 344 g/mol. The van der Waals surface area contributed by atoms with Crippen LogP contribution in [-0.2, 0) is 21.4 Å². The Morgan fingerprint density at radius 1 is 1.20 bits per heavy atom. The average molecular weight is 370 g/mol. The van der Waals surface area contributed by atoms with Gasteiger partial charge in [0.05, 0.1) is 6.26 Å². The number of amides is 1. The van der Waals surface area contributed by atoms with Gasteiger partial charge in [0.2, 0.25) is 22.7 Å². The topological polar surface area (TPSA) is 84.9 Å². The van der Waals surface area contributed by atoms with Crippen molar-refractivity contribution in [3.05, 3.63) is 23.8 Å². The largest absolute Gasteiger partial charge is 0.454 e. The molecule has 7 nitrogen and oxygen atoms in total. The summed E-state index contributed by atoms with van der Waals surface area (Å²) in [6.45, 7) is 3.31. The molecule has 8 heteroatoms. The fourth-order valence-corrected chi connectivity index (χ4v) is 3.43. The van der Waals surface area contributed by atoms with E-state index in [1.54, 1.807) is 0 Å². The number of sulfonamides is 1. The standard InChI is InChI=1S/C17H26N2O5S/c1-3-4-5-9-19(25(2,21)22)10-8-17(20)18-12-14-6-7-15-16(11-14)24-13-23-15/h6-7,11H,3-5,8-10,12-13H2,1-2H3,(H,18,20). The summed E-state index contributed by atoms with van der Waals surface area (Å²) in [5.41, 5.74) is 0.903. The molecular formula is C17H26N2O5S. The monoisotopic (exact) mass is 370 g/mol. The number of fused-ring (bicyclic) bond motifs is 1. The molecule has 1 aliphatic rings. The maximum absolute atomic E-state index is 12.0. The molecule has 1 aromatic carbocycles. The average Bonchev–Trinajstić information content (AvgIpc) is 3.02. The number of hydrogen-bond donors (Lipinski definition) is 1. The minimum atomic E-state index is -3.29. The predicted molar refractivity (Wildman–Crippen MR) is 95.0 cm³/mol. The highest BCUT2D eigenvalue weighted by Crippen LogP contribution is 2.32. The van der Waals surface area contributed by atoms with Gasteiger partial charge in [0.15, 0.2) is 11.5 Å². The number of nitrogens with one attached hydrogen (secondary N) is 1. The minimum Gasteiger partial charge on any atom is -0.454 e. The lowest BCUT2D eigenvalue weighted by Crippen LogP contribution is -2.35. The van der Waals surface area contributed by atoms with Crippen molar-refractivity contribution >= 4 is 15.9 Å². The van der Waals surface area contributed by atoms with Crippen molar-refractivity contribution in [2.75, 3.05) is 26.1 Å². The highest BCUT2D eigenvalue weighted by molar-refractivity contribution is 7.88. The molecule has 0 fully saturated rings. The van der Waals surface area contributed by atoms with Gasteiger partial charge in [-0.25, -0.2) is 12.7 Å². The van der Waals surface area contributed by atoms with Crippen LogP contribution in [0, 0.1) is 0 Å². The summed E-state index contributed by atoms with van der Waals surface area (Å²) in [4.78, 5) is 12.0. The Morgan fingerprint density at radius 3 is 2.68 bits per heavy atom. The van der Waals surface area contributed by atoms with Crippen LogP contribution in [0.15, 0.2) is 18.2 Å². The van der Waals surface area contributed by atoms with E-state index in [-0.39, 0.29) is 25.7 Å². The third kappa shape index (κ3) is 6.21. The lowest BCUT2D eigenvalue weighted by atomic mass is 10.2. The molecule has 1 heterocycles. The second-order valence-corrected chi connectivity index (χ2v) is 8.07. The van der Waals surface area contributed by atoms with Crippen molar-refractivity contribution in [1.82, 2.24) is 9.62 Å². The lowest BCUT2D eigenvalue weighted by Gasteiger charge is -2.19. The second kappa shape index (κ2) is 9.05. The van der Waals surface area contributed by atoms with Crippen LogP contribution in [0.4, 0.5) is 0 Å². The highest BCUT2D eigenvalue weighted by Gasteiger charge is 2.17. The number of carbonyl (C=O) groups excluding carboxylic acids is 1. The number of hydrogen-bond acceptors (Lipinski definition) is 5. The molecule has 0 atom stereocenters. The van der Waals surface area contributed by atoms with Gasteiger partial charge in [-0.15, -0.1) is 0 Å². The Hall–Kier alpha value is -1.80. The molecule has 0 bridgehead atoms. The van der Waals surface area contributed by atoms with Crippen molar-refractivity contribution < 1.29 is 22.7 Å². The third-order valence-corrected chi connectivity index (χ3v) is 5.30. The van der Waals surface area contributed by atoms with E-state index in [2.05, 4.69) is 12.2 Å². The van der Waals surface area contributed by atoms with Crippen LogP contribution >= 0.6 is 0 Å². The fourth-order valence-electron chi connectivity index (χ4n) is 2.55. The number of benzene rings is 1. The number of unbranched alkanes of at least 4 members (excludes halogenated alkanes) is 2. The van der Waals surface area contributed by atoms with Crippen LogP contribution in [0.2, 0.25) is 0 Å². The number of ether oxygens (including phenoxy) is 2. The maximum atomic E-state index is 12.0. The van der Waals surface area contributed by atoms with Crippen molar-refractivity contribution in [3.8, 4) is 11.5 Å². The molecule has 0 unspecified atom stereocenters. The van der Waals surface area contributed by atoms with Crippen LogP contribution in [0.3, 0.4) is 0 Å². The van der Waals surface area contributed by atoms with E-state index >= 15 is 0 Å². The van der Waals surface area contributed by atoms with Gasteiger partial charge in [-0.2, -0.15) is 0 Å². The zero-order chi connectivity index (χ0) is 18.3. The van der Waals surface area contributed by atoms with Gasteiger partial charge in [-0.3, -0.25) is 4.79 Å². The number of carbonyl (C=O) groups is 1. The van der Waals surface area contributed by atoms with Gasteiger partial charge in [-0.1, -0.05) is 25.8 Å². The molecule has 1 aliphatic heterocycles. The molecule has 0 saturated heterocycles. The normalized spacial score (nSPS) is 13.2. The Bertz CT molecular complexity index is 690. The van der Waals surface area contributed by atoms with Crippen molar-refractivity contribution in [3.63, 3.8) is 0 Å². The highest BCUT2D eigenvalue weighted by atomic mass is 32.2. The van der Waals surface area contributed by atoms with Crippen LogP contribution in [0.25, 0.3) is 0 Å². The summed E-state index contributed by atoms with van der Waals surface area (Å²) in [6.07, 6.45) is 4.13. The smallest absolute Gasteiger partial charge is 0.231 e. The summed E-state index contributed by atoms with van der Waals surface area (Å²) >= 11 is 0. The van der Waals surface area contributed by atoms with Crippen LogP contribution in [0.1, 0.15) is 38.2 Å². The first-order chi connectivity index (χ1) is 11.9. The van der Waals surface area contributed by atoms with Gasteiger partial charge in [0, 0.05) is 26.1 Å². The summed E-state index contributed by atoms with van der Waals surface area (Å²) in [5, 5.41) is 2.81. The first-order valence-corrected chi connectivity index (χ1v) is 10.4. The Morgan fingerprint density at radius 2 is 1.96 bits per heavy atom. The zero-order valence-corrected chi connectivity index (χ0v) is 15.6.